The maximum absolute atomic E-state index is 13.1. The number of ether oxygens (including phenoxy) is 1. The van der Waals surface area contributed by atoms with Crippen molar-refractivity contribution < 1.29 is 35.9 Å². The first-order valence-electron chi connectivity index (χ1n) is 12.2. The van der Waals surface area contributed by atoms with E-state index in [2.05, 4.69) is 15.0 Å². The number of amides is 1. The van der Waals surface area contributed by atoms with Crippen LogP contribution in [-0.2, 0) is 21.2 Å². The number of aryl methyl sites for hydroxylation is 2. The van der Waals surface area contributed by atoms with Crippen molar-refractivity contribution in [2.75, 3.05) is 18.8 Å². The average Bonchev–Trinajstić information content (AvgIpc) is 3.17. The number of hydrogen-bond donors (Lipinski definition) is 1. The molecule has 1 spiro atoms. The quantitative estimate of drug-likeness (QED) is 0.503. The van der Waals surface area contributed by atoms with E-state index in [-0.39, 0.29) is 55.3 Å². The van der Waals surface area contributed by atoms with Gasteiger partial charge in [0.05, 0.1) is 5.75 Å². The normalized spacial score (nSPS) is 17.8. The van der Waals surface area contributed by atoms with Gasteiger partial charge in [-0.15, -0.1) is 13.2 Å². The Labute approximate surface area is 218 Å². The summed E-state index contributed by atoms with van der Waals surface area (Å²) in [5.74, 6) is -0.883. The van der Waals surface area contributed by atoms with E-state index < -0.39 is 33.6 Å². The standard InChI is InChI=1S/C26H28F3N3O5S/c1-3-22(33)19-8-7-17(2)18(15-19)9-14-38(35,36)32-12-10-25(11-13-32)24(34)30-23(31-25)20-5-4-6-21(16-20)37-26(27,28)29/h4-8,15-16H,3,9-14H2,1-2H3,(H,30,31,34). The van der Waals surface area contributed by atoms with Crippen molar-refractivity contribution in [2.45, 2.75) is 51.4 Å². The van der Waals surface area contributed by atoms with E-state index in [9.17, 15) is 31.2 Å². The van der Waals surface area contributed by atoms with E-state index in [1.165, 1.54) is 16.4 Å². The second-order valence-corrected chi connectivity index (χ2v) is 11.5. The Balaban J connectivity index is 1.43. The zero-order valence-corrected chi connectivity index (χ0v) is 21.8. The summed E-state index contributed by atoms with van der Waals surface area (Å²) in [7, 11) is -3.64. The molecule has 38 heavy (non-hydrogen) atoms. The van der Waals surface area contributed by atoms with Gasteiger partial charge in [-0.1, -0.05) is 31.2 Å². The largest absolute Gasteiger partial charge is 0.573 e. The molecule has 12 heteroatoms. The number of hydrogen-bond acceptors (Lipinski definition) is 6. The van der Waals surface area contributed by atoms with Crippen LogP contribution in [0.25, 0.3) is 0 Å². The maximum atomic E-state index is 13.1. The number of halogens is 3. The molecule has 0 aliphatic carbocycles. The molecule has 4 rings (SSSR count). The Kier molecular flexibility index (Phi) is 7.67. The Morgan fingerprint density at radius 1 is 1.16 bits per heavy atom. The highest BCUT2D eigenvalue weighted by Crippen LogP contribution is 2.33. The number of alkyl halides is 3. The van der Waals surface area contributed by atoms with Gasteiger partial charge < -0.3 is 10.1 Å². The molecule has 1 N–H and O–H groups in total. The highest BCUT2D eigenvalue weighted by Gasteiger charge is 2.47. The molecular formula is C26H28F3N3O5S. The van der Waals surface area contributed by atoms with Gasteiger partial charge in [0.2, 0.25) is 10.0 Å². The lowest BCUT2D eigenvalue weighted by Crippen LogP contribution is -2.50. The van der Waals surface area contributed by atoms with Crippen LogP contribution in [0.15, 0.2) is 47.5 Å². The molecule has 1 fully saturated rings. The second kappa shape index (κ2) is 10.5. The van der Waals surface area contributed by atoms with E-state index >= 15 is 0 Å². The Morgan fingerprint density at radius 3 is 2.53 bits per heavy atom. The molecule has 0 bridgehead atoms. The van der Waals surface area contributed by atoms with Gasteiger partial charge in [-0.05, 0) is 55.5 Å². The van der Waals surface area contributed by atoms with Gasteiger partial charge in [-0.3, -0.25) is 14.6 Å². The lowest BCUT2D eigenvalue weighted by Gasteiger charge is -2.34. The van der Waals surface area contributed by atoms with Crippen LogP contribution in [-0.4, -0.2) is 61.0 Å². The average molecular weight is 552 g/mol. The predicted molar refractivity (Wildman–Crippen MR) is 135 cm³/mol. The molecule has 8 nitrogen and oxygen atoms in total. The summed E-state index contributed by atoms with van der Waals surface area (Å²) in [6, 6.07) is 10.4. The SMILES string of the molecule is CCC(=O)c1ccc(C)c(CCS(=O)(=O)N2CCC3(CC2)N=C(c2cccc(OC(F)(F)F)c2)NC3=O)c1. The van der Waals surface area contributed by atoms with Crippen molar-refractivity contribution in [2.24, 2.45) is 4.99 Å². The van der Waals surface area contributed by atoms with Crippen molar-refractivity contribution in [3.8, 4) is 5.75 Å². The molecule has 2 heterocycles. The monoisotopic (exact) mass is 551 g/mol. The lowest BCUT2D eigenvalue weighted by atomic mass is 9.89. The predicted octanol–water partition coefficient (Wildman–Crippen LogP) is 3.77. The van der Waals surface area contributed by atoms with Crippen LogP contribution in [0.1, 0.15) is 53.2 Å². The number of carbonyl (C=O) groups is 2. The number of rotatable bonds is 8. The van der Waals surface area contributed by atoms with Gasteiger partial charge in [0.25, 0.3) is 5.91 Å². The third-order valence-electron chi connectivity index (χ3n) is 6.89. The number of nitrogens with zero attached hydrogens (tertiary/aromatic N) is 2. The minimum Gasteiger partial charge on any atom is -0.406 e. The third-order valence-corrected chi connectivity index (χ3v) is 8.76. The van der Waals surface area contributed by atoms with Crippen LogP contribution in [0, 0.1) is 6.92 Å². The van der Waals surface area contributed by atoms with E-state index in [1.807, 2.05) is 13.0 Å². The molecule has 1 saturated heterocycles. The van der Waals surface area contributed by atoms with Gasteiger partial charge in [0.15, 0.2) is 5.78 Å². The first-order valence-corrected chi connectivity index (χ1v) is 13.8. The molecule has 0 atom stereocenters. The van der Waals surface area contributed by atoms with E-state index in [0.717, 1.165) is 23.3 Å². The molecule has 2 aliphatic heterocycles. The van der Waals surface area contributed by atoms with Crippen molar-refractivity contribution >= 4 is 27.5 Å². The van der Waals surface area contributed by atoms with Crippen LogP contribution in [0.4, 0.5) is 13.2 Å². The molecule has 2 aromatic rings. The minimum atomic E-state index is -4.85. The summed E-state index contributed by atoms with van der Waals surface area (Å²) < 4.78 is 69.2. The first kappa shape index (κ1) is 27.8. The van der Waals surface area contributed by atoms with Gasteiger partial charge in [-0.25, -0.2) is 12.7 Å². The summed E-state index contributed by atoms with van der Waals surface area (Å²) in [5.41, 5.74) is 1.32. The van der Waals surface area contributed by atoms with Crippen LogP contribution < -0.4 is 10.1 Å². The van der Waals surface area contributed by atoms with Gasteiger partial charge >= 0.3 is 6.36 Å². The summed E-state index contributed by atoms with van der Waals surface area (Å²) in [6.07, 6.45) is -3.96. The number of nitrogens with one attached hydrogen (secondary N) is 1. The van der Waals surface area contributed by atoms with Crippen molar-refractivity contribution in [3.05, 3.63) is 64.7 Å². The minimum absolute atomic E-state index is 0.00944. The van der Waals surface area contributed by atoms with E-state index in [1.54, 1.807) is 19.1 Å². The summed E-state index contributed by atoms with van der Waals surface area (Å²) in [5, 5.41) is 2.63. The number of piperidine rings is 1. The highest BCUT2D eigenvalue weighted by atomic mass is 32.2. The molecule has 2 aliphatic rings. The first-order chi connectivity index (χ1) is 17.8. The zero-order chi connectivity index (χ0) is 27.7. The van der Waals surface area contributed by atoms with Crippen LogP contribution in [0.3, 0.4) is 0 Å². The Hall–Kier alpha value is -3.25. The smallest absolute Gasteiger partial charge is 0.406 e. The topological polar surface area (TPSA) is 105 Å². The number of Topliss-reactive ketones (excluding diaryl/α,β-unsaturated/α-hetero) is 1. The van der Waals surface area contributed by atoms with Crippen molar-refractivity contribution in [1.82, 2.24) is 9.62 Å². The van der Waals surface area contributed by atoms with Crippen LogP contribution in [0.2, 0.25) is 0 Å². The second-order valence-electron chi connectivity index (χ2n) is 9.40. The maximum Gasteiger partial charge on any atom is 0.573 e. The van der Waals surface area contributed by atoms with Crippen molar-refractivity contribution in [1.29, 1.82) is 0 Å². The van der Waals surface area contributed by atoms with E-state index in [4.69, 9.17) is 0 Å². The Morgan fingerprint density at radius 2 is 1.87 bits per heavy atom. The lowest BCUT2D eigenvalue weighted by molar-refractivity contribution is -0.274. The molecule has 0 radical (unpaired) electrons. The van der Waals surface area contributed by atoms with Crippen molar-refractivity contribution in [3.63, 3.8) is 0 Å². The molecule has 204 valence electrons. The zero-order valence-electron chi connectivity index (χ0n) is 21.0. The summed E-state index contributed by atoms with van der Waals surface area (Å²) >= 11 is 0. The number of aliphatic imine (C=N–C) groups is 1. The fourth-order valence-corrected chi connectivity index (χ4v) is 6.13. The fraction of sp³-hybridized carbons (Fsp3) is 0.423. The molecule has 0 aromatic heterocycles. The number of sulfonamides is 1. The van der Waals surface area contributed by atoms with Crippen LogP contribution >= 0.6 is 0 Å². The van der Waals surface area contributed by atoms with Crippen LogP contribution in [0.5, 0.6) is 5.75 Å². The number of carbonyl (C=O) groups excluding carboxylic acids is 2. The number of amidine groups is 1. The van der Waals surface area contributed by atoms with Gasteiger partial charge in [0.1, 0.15) is 17.1 Å². The molecule has 2 aromatic carbocycles. The Bertz CT molecular complexity index is 1380. The molecular weight excluding hydrogens is 523 g/mol. The molecule has 1 amide bonds. The number of ketones is 1. The molecule has 0 saturated carbocycles. The highest BCUT2D eigenvalue weighted by molar-refractivity contribution is 7.89. The van der Waals surface area contributed by atoms with Gasteiger partial charge in [0, 0.05) is 30.6 Å². The molecule has 0 unspecified atom stereocenters. The third kappa shape index (κ3) is 6.07. The summed E-state index contributed by atoms with van der Waals surface area (Å²) in [4.78, 5) is 29.4. The fourth-order valence-electron chi connectivity index (χ4n) is 4.65. The number of benzene rings is 2. The van der Waals surface area contributed by atoms with E-state index in [0.29, 0.717) is 12.0 Å². The summed E-state index contributed by atoms with van der Waals surface area (Å²) in [6.45, 7) is 3.80. The van der Waals surface area contributed by atoms with Gasteiger partial charge in [-0.2, -0.15) is 0 Å².